The zero-order chi connectivity index (χ0) is 18.4. The highest BCUT2D eigenvalue weighted by Crippen LogP contribution is 2.25. The summed E-state index contributed by atoms with van der Waals surface area (Å²) < 4.78 is 0.752. The number of thioether (sulfide) groups is 1. The fourth-order valence-corrected chi connectivity index (χ4v) is 4.31. The van der Waals surface area contributed by atoms with E-state index in [2.05, 4.69) is 5.32 Å². The molecule has 0 unspecified atom stereocenters. The molecule has 1 heterocycles. The van der Waals surface area contributed by atoms with E-state index in [-0.39, 0.29) is 18.4 Å². The summed E-state index contributed by atoms with van der Waals surface area (Å²) in [7, 11) is 1.65. The van der Waals surface area contributed by atoms with E-state index in [4.69, 9.17) is 11.6 Å². The average molecular weight is 397 g/mol. The van der Waals surface area contributed by atoms with Crippen LogP contribution in [0.5, 0.6) is 0 Å². The van der Waals surface area contributed by atoms with E-state index < -0.39 is 0 Å². The minimum Gasteiger partial charge on any atom is -0.336 e. The van der Waals surface area contributed by atoms with Gasteiger partial charge in [-0.1, -0.05) is 23.7 Å². The summed E-state index contributed by atoms with van der Waals surface area (Å²) in [6.07, 6.45) is 0. The van der Waals surface area contributed by atoms with Gasteiger partial charge in [0.1, 0.15) is 0 Å². The Morgan fingerprint density at radius 2 is 2.00 bits per heavy atom. The molecule has 0 aliphatic rings. The van der Waals surface area contributed by atoms with E-state index in [9.17, 15) is 9.59 Å². The Labute approximate surface area is 161 Å². The molecule has 0 aliphatic carbocycles. The molecule has 25 heavy (non-hydrogen) atoms. The standard InChI is InChI=1S/C18H21ClN2O2S2/c1-12-4-5-13(2)15(8-12)20-17(22)9-21(3)18(23)11-24-10-14-6-7-16(19)25-14/h4-8H,9-11H2,1-3H3,(H,20,22). The number of thiophene rings is 1. The second kappa shape index (κ2) is 9.27. The Bertz CT molecular complexity index is 761. The highest BCUT2D eigenvalue weighted by atomic mass is 35.5. The predicted molar refractivity (Wildman–Crippen MR) is 108 cm³/mol. The predicted octanol–water partition coefficient (Wildman–Crippen LogP) is 4.35. The van der Waals surface area contributed by atoms with Crippen LogP contribution in [0.2, 0.25) is 4.34 Å². The maximum atomic E-state index is 12.2. The van der Waals surface area contributed by atoms with Crippen LogP contribution in [0.25, 0.3) is 0 Å². The molecule has 0 atom stereocenters. The van der Waals surface area contributed by atoms with Crippen molar-refractivity contribution in [1.29, 1.82) is 0 Å². The van der Waals surface area contributed by atoms with Crippen molar-refractivity contribution < 1.29 is 9.59 Å². The molecule has 7 heteroatoms. The van der Waals surface area contributed by atoms with Gasteiger partial charge in [0.05, 0.1) is 16.6 Å². The molecule has 1 aromatic carbocycles. The monoisotopic (exact) mass is 396 g/mol. The van der Waals surface area contributed by atoms with E-state index in [0.717, 1.165) is 31.8 Å². The smallest absolute Gasteiger partial charge is 0.243 e. The van der Waals surface area contributed by atoms with Crippen LogP contribution >= 0.6 is 34.7 Å². The van der Waals surface area contributed by atoms with Gasteiger partial charge in [-0.25, -0.2) is 0 Å². The van der Waals surface area contributed by atoms with Crippen LogP contribution in [0, 0.1) is 13.8 Å². The largest absolute Gasteiger partial charge is 0.336 e. The summed E-state index contributed by atoms with van der Waals surface area (Å²) in [5.74, 6) is 0.817. The maximum Gasteiger partial charge on any atom is 0.243 e. The molecule has 134 valence electrons. The molecule has 1 N–H and O–H groups in total. The highest BCUT2D eigenvalue weighted by Gasteiger charge is 2.14. The highest BCUT2D eigenvalue weighted by molar-refractivity contribution is 7.99. The SMILES string of the molecule is Cc1ccc(C)c(NC(=O)CN(C)C(=O)CSCc2ccc(Cl)s2)c1. The van der Waals surface area contributed by atoms with E-state index >= 15 is 0 Å². The number of nitrogens with zero attached hydrogens (tertiary/aromatic N) is 1. The van der Waals surface area contributed by atoms with Crippen molar-refractivity contribution in [2.75, 3.05) is 24.7 Å². The Hall–Kier alpha value is -1.50. The Morgan fingerprint density at radius 1 is 1.24 bits per heavy atom. The maximum absolute atomic E-state index is 12.2. The minimum absolute atomic E-state index is 0.0393. The summed E-state index contributed by atoms with van der Waals surface area (Å²) >= 11 is 8.92. The lowest BCUT2D eigenvalue weighted by Gasteiger charge is -2.17. The van der Waals surface area contributed by atoms with Gasteiger partial charge in [-0.15, -0.1) is 23.1 Å². The molecule has 0 aliphatic heterocycles. The minimum atomic E-state index is -0.195. The lowest BCUT2D eigenvalue weighted by molar-refractivity contribution is -0.131. The molecule has 0 radical (unpaired) electrons. The normalized spacial score (nSPS) is 10.6. The van der Waals surface area contributed by atoms with Crippen molar-refractivity contribution in [3.05, 3.63) is 50.7 Å². The summed E-state index contributed by atoms with van der Waals surface area (Å²) in [6, 6.07) is 9.71. The summed E-state index contributed by atoms with van der Waals surface area (Å²) in [5, 5.41) is 2.87. The van der Waals surface area contributed by atoms with Crippen LogP contribution in [0.1, 0.15) is 16.0 Å². The Kier molecular flexibility index (Phi) is 7.35. The number of hydrogen-bond acceptors (Lipinski definition) is 4. The fourth-order valence-electron chi connectivity index (χ4n) is 2.14. The topological polar surface area (TPSA) is 49.4 Å². The quantitative estimate of drug-likeness (QED) is 0.756. The second-order valence-corrected chi connectivity index (χ2v) is 8.60. The van der Waals surface area contributed by atoms with Gasteiger partial charge in [0.15, 0.2) is 0 Å². The molecule has 0 bridgehead atoms. The number of aryl methyl sites for hydroxylation is 2. The van der Waals surface area contributed by atoms with Crippen LogP contribution in [0.4, 0.5) is 5.69 Å². The zero-order valence-electron chi connectivity index (χ0n) is 14.5. The number of nitrogens with one attached hydrogen (secondary N) is 1. The van der Waals surface area contributed by atoms with Gasteiger partial charge in [0.2, 0.25) is 11.8 Å². The summed E-state index contributed by atoms with van der Waals surface area (Å²) in [5.41, 5.74) is 2.86. The number of carbonyl (C=O) groups excluding carboxylic acids is 2. The molecule has 2 amide bonds. The molecule has 2 rings (SSSR count). The molecule has 0 spiro atoms. The Balaban J connectivity index is 1.77. The van der Waals surface area contributed by atoms with Crippen molar-refractivity contribution in [3.8, 4) is 0 Å². The third kappa shape index (κ3) is 6.38. The molecule has 0 saturated heterocycles. The lowest BCUT2D eigenvalue weighted by atomic mass is 10.1. The van der Waals surface area contributed by atoms with Crippen molar-refractivity contribution in [1.82, 2.24) is 4.90 Å². The molecular weight excluding hydrogens is 376 g/mol. The average Bonchev–Trinajstić information content (AvgIpc) is 2.96. The van der Waals surface area contributed by atoms with Gasteiger partial charge < -0.3 is 10.2 Å². The van der Waals surface area contributed by atoms with Crippen LogP contribution in [-0.4, -0.2) is 36.1 Å². The number of benzene rings is 1. The first-order valence-corrected chi connectivity index (χ1v) is 10.1. The van der Waals surface area contributed by atoms with Crippen molar-refractivity contribution >= 4 is 52.2 Å². The van der Waals surface area contributed by atoms with Gasteiger partial charge in [-0.05, 0) is 43.2 Å². The third-order valence-electron chi connectivity index (χ3n) is 3.57. The van der Waals surface area contributed by atoms with Crippen LogP contribution in [-0.2, 0) is 15.3 Å². The number of amides is 2. The van der Waals surface area contributed by atoms with Gasteiger partial charge in [0, 0.05) is 23.4 Å². The van der Waals surface area contributed by atoms with E-state index in [1.165, 1.54) is 28.0 Å². The van der Waals surface area contributed by atoms with Crippen molar-refractivity contribution in [2.45, 2.75) is 19.6 Å². The first-order chi connectivity index (χ1) is 11.8. The number of anilines is 1. The number of halogens is 1. The van der Waals surface area contributed by atoms with Crippen molar-refractivity contribution in [2.24, 2.45) is 0 Å². The molecule has 1 aromatic heterocycles. The first-order valence-electron chi connectivity index (χ1n) is 7.78. The van der Waals surface area contributed by atoms with Crippen LogP contribution in [0.15, 0.2) is 30.3 Å². The van der Waals surface area contributed by atoms with Gasteiger partial charge >= 0.3 is 0 Å². The summed E-state index contributed by atoms with van der Waals surface area (Å²) in [6.45, 7) is 3.96. The van der Waals surface area contributed by atoms with Gasteiger partial charge in [-0.3, -0.25) is 9.59 Å². The fraction of sp³-hybridized carbons (Fsp3) is 0.333. The molecule has 4 nitrogen and oxygen atoms in total. The molecular formula is C18H21ClN2O2S2. The Morgan fingerprint density at radius 3 is 2.68 bits per heavy atom. The van der Waals surface area contributed by atoms with E-state index in [0.29, 0.717) is 5.75 Å². The van der Waals surface area contributed by atoms with Crippen molar-refractivity contribution in [3.63, 3.8) is 0 Å². The first kappa shape index (κ1) is 19.8. The second-order valence-electron chi connectivity index (χ2n) is 5.81. The van der Waals surface area contributed by atoms with Crippen LogP contribution in [0.3, 0.4) is 0 Å². The molecule has 0 fully saturated rings. The number of likely N-dealkylation sites (N-methyl/N-ethyl adjacent to an activating group) is 1. The van der Waals surface area contributed by atoms with Gasteiger partial charge in [-0.2, -0.15) is 0 Å². The van der Waals surface area contributed by atoms with E-state index in [1.807, 2.05) is 44.2 Å². The molecule has 0 saturated carbocycles. The molecule has 2 aromatic rings. The lowest BCUT2D eigenvalue weighted by Crippen LogP contribution is -2.36. The number of carbonyl (C=O) groups is 2. The number of rotatable bonds is 7. The zero-order valence-corrected chi connectivity index (χ0v) is 16.9. The van der Waals surface area contributed by atoms with Crippen LogP contribution < -0.4 is 5.32 Å². The van der Waals surface area contributed by atoms with Gasteiger partial charge in [0.25, 0.3) is 0 Å². The third-order valence-corrected chi connectivity index (χ3v) is 5.95. The number of hydrogen-bond donors (Lipinski definition) is 1. The summed E-state index contributed by atoms with van der Waals surface area (Å²) in [4.78, 5) is 26.9. The van der Waals surface area contributed by atoms with E-state index in [1.54, 1.807) is 7.05 Å².